The number of methoxy groups -OCH3 is 1. The Bertz CT molecular complexity index is 694. The zero-order valence-electron chi connectivity index (χ0n) is 11.0. The van der Waals surface area contributed by atoms with Gasteiger partial charge in [-0.05, 0) is 30.7 Å². The van der Waals surface area contributed by atoms with Crippen LogP contribution in [0.2, 0.25) is 0 Å². The van der Waals surface area contributed by atoms with Gasteiger partial charge in [0.2, 0.25) is 5.95 Å². The molecule has 0 spiro atoms. The summed E-state index contributed by atoms with van der Waals surface area (Å²) in [6.07, 6.45) is 2.97. The average Bonchev–Trinajstić information content (AvgIpc) is 2.44. The summed E-state index contributed by atoms with van der Waals surface area (Å²) in [7, 11) is 1.47. The summed E-state index contributed by atoms with van der Waals surface area (Å²) in [6.45, 7) is 1.67. The summed E-state index contributed by atoms with van der Waals surface area (Å²) in [5, 5.41) is 13.4. The number of aromatic hydroxyl groups is 1. The minimum atomic E-state index is -0.219. The van der Waals surface area contributed by atoms with Gasteiger partial charge in [-0.25, -0.2) is 10.4 Å². The predicted octanol–water partition coefficient (Wildman–Crippen LogP) is 1.24. The van der Waals surface area contributed by atoms with E-state index < -0.39 is 0 Å². The molecule has 0 bridgehead atoms. The van der Waals surface area contributed by atoms with Crippen molar-refractivity contribution in [1.29, 1.82) is 0 Å². The topological polar surface area (TPSA) is 99.6 Å². The van der Waals surface area contributed by atoms with Crippen molar-refractivity contribution in [2.45, 2.75) is 6.92 Å². The van der Waals surface area contributed by atoms with Gasteiger partial charge in [-0.15, -0.1) is 0 Å². The highest BCUT2D eigenvalue weighted by molar-refractivity contribution is 5.81. The van der Waals surface area contributed by atoms with Crippen LogP contribution in [0.3, 0.4) is 0 Å². The lowest BCUT2D eigenvalue weighted by Gasteiger charge is -2.03. The number of rotatable bonds is 4. The fourth-order valence-electron chi connectivity index (χ4n) is 1.46. The number of hydrogen-bond donors (Lipinski definition) is 3. The quantitative estimate of drug-likeness (QED) is 0.575. The Kier molecular flexibility index (Phi) is 3.99. The lowest BCUT2D eigenvalue weighted by molar-refractivity contribution is 0.373. The van der Waals surface area contributed by atoms with E-state index >= 15 is 0 Å². The molecule has 0 aliphatic carbocycles. The van der Waals surface area contributed by atoms with Gasteiger partial charge in [0.25, 0.3) is 5.56 Å². The highest BCUT2D eigenvalue weighted by atomic mass is 16.5. The third kappa shape index (κ3) is 3.14. The molecule has 7 nitrogen and oxygen atoms in total. The zero-order valence-corrected chi connectivity index (χ0v) is 11.0. The number of aromatic nitrogens is 2. The van der Waals surface area contributed by atoms with Crippen molar-refractivity contribution in [2.24, 2.45) is 5.10 Å². The molecule has 3 N–H and O–H groups in total. The molecule has 0 unspecified atom stereocenters. The van der Waals surface area contributed by atoms with Crippen LogP contribution >= 0.6 is 0 Å². The second kappa shape index (κ2) is 5.87. The first kappa shape index (κ1) is 13.6. The van der Waals surface area contributed by atoms with Crippen LogP contribution in [0, 0.1) is 6.92 Å². The van der Waals surface area contributed by atoms with Gasteiger partial charge in [-0.2, -0.15) is 5.10 Å². The Morgan fingerprint density at radius 2 is 2.30 bits per heavy atom. The summed E-state index contributed by atoms with van der Waals surface area (Å²) in [5.41, 5.74) is 3.65. The largest absolute Gasteiger partial charge is 0.504 e. The van der Waals surface area contributed by atoms with Gasteiger partial charge in [0.15, 0.2) is 11.5 Å². The van der Waals surface area contributed by atoms with E-state index in [1.807, 2.05) is 0 Å². The van der Waals surface area contributed by atoms with Gasteiger partial charge in [-0.3, -0.25) is 9.78 Å². The monoisotopic (exact) mass is 274 g/mol. The predicted molar refractivity (Wildman–Crippen MR) is 75.5 cm³/mol. The minimum absolute atomic E-state index is 0.0575. The lowest BCUT2D eigenvalue weighted by Crippen LogP contribution is -2.12. The molecule has 0 saturated heterocycles. The van der Waals surface area contributed by atoms with Crippen molar-refractivity contribution >= 4 is 12.2 Å². The second-order valence-corrected chi connectivity index (χ2v) is 4.05. The van der Waals surface area contributed by atoms with E-state index in [2.05, 4.69) is 20.5 Å². The van der Waals surface area contributed by atoms with E-state index in [-0.39, 0.29) is 17.3 Å². The summed E-state index contributed by atoms with van der Waals surface area (Å²) >= 11 is 0. The fourth-order valence-corrected chi connectivity index (χ4v) is 1.46. The molecule has 2 aromatic rings. The Morgan fingerprint density at radius 3 is 3.00 bits per heavy atom. The number of H-pyrrole nitrogens is 1. The first-order chi connectivity index (χ1) is 9.60. The normalized spacial score (nSPS) is 10.7. The number of anilines is 1. The molecule has 0 saturated carbocycles. The molecule has 1 aromatic carbocycles. The highest BCUT2D eigenvalue weighted by Gasteiger charge is 2.01. The highest BCUT2D eigenvalue weighted by Crippen LogP contribution is 2.25. The number of aryl methyl sites for hydroxylation is 1. The van der Waals surface area contributed by atoms with Gasteiger partial charge < -0.3 is 9.84 Å². The van der Waals surface area contributed by atoms with Gasteiger partial charge in [-0.1, -0.05) is 0 Å². The van der Waals surface area contributed by atoms with Crippen molar-refractivity contribution < 1.29 is 9.84 Å². The molecule has 20 heavy (non-hydrogen) atoms. The molecule has 104 valence electrons. The molecule has 0 amide bonds. The van der Waals surface area contributed by atoms with E-state index in [4.69, 9.17) is 4.74 Å². The van der Waals surface area contributed by atoms with E-state index in [0.29, 0.717) is 11.3 Å². The van der Waals surface area contributed by atoms with Crippen LogP contribution in [0.15, 0.2) is 34.3 Å². The van der Waals surface area contributed by atoms with Crippen LogP contribution in [0.4, 0.5) is 5.95 Å². The summed E-state index contributed by atoms with van der Waals surface area (Å²) in [4.78, 5) is 17.9. The first-order valence-electron chi connectivity index (χ1n) is 5.82. The standard InChI is InChI=1S/C13H14N4O3/c1-8-6-14-13(16-12(8)19)17-15-7-9-3-4-10(18)11(5-9)20-2/h3-7,18H,1-2H3,(H2,14,16,17,19). The number of phenolic OH excluding ortho intramolecular Hbond substituents is 1. The van der Waals surface area contributed by atoms with Gasteiger partial charge >= 0.3 is 0 Å². The fraction of sp³-hybridized carbons (Fsp3) is 0.154. The maximum Gasteiger partial charge on any atom is 0.255 e. The molecule has 1 aromatic heterocycles. The van der Waals surface area contributed by atoms with Gasteiger partial charge in [0.05, 0.1) is 13.3 Å². The van der Waals surface area contributed by atoms with Crippen molar-refractivity contribution in [2.75, 3.05) is 12.5 Å². The number of phenols is 1. The molecular formula is C13H14N4O3. The van der Waals surface area contributed by atoms with Crippen molar-refractivity contribution in [1.82, 2.24) is 9.97 Å². The van der Waals surface area contributed by atoms with E-state index in [0.717, 1.165) is 5.56 Å². The van der Waals surface area contributed by atoms with E-state index in [9.17, 15) is 9.90 Å². The molecule has 0 aliphatic rings. The molecule has 0 fully saturated rings. The Balaban J connectivity index is 2.10. The number of ether oxygens (including phenoxy) is 1. The van der Waals surface area contributed by atoms with Crippen LogP contribution < -0.4 is 15.7 Å². The Morgan fingerprint density at radius 1 is 1.50 bits per heavy atom. The average molecular weight is 274 g/mol. The maximum absolute atomic E-state index is 11.4. The summed E-state index contributed by atoms with van der Waals surface area (Å²) < 4.78 is 4.99. The molecular weight excluding hydrogens is 260 g/mol. The third-order valence-electron chi connectivity index (χ3n) is 2.57. The number of nitrogens with zero attached hydrogens (tertiary/aromatic N) is 2. The molecule has 0 aliphatic heterocycles. The lowest BCUT2D eigenvalue weighted by atomic mass is 10.2. The number of aromatic amines is 1. The summed E-state index contributed by atoms with van der Waals surface area (Å²) in [5.74, 6) is 0.667. The van der Waals surface area contributed by atoms with Crippen LogP contribution in [-0.4, -0.2) is 28.4 Å². The van der Waals surface area contributed by atoms with E-state index in [1.54, 1.807) is 19.1 Å². The molecule has 0 radical (unpaired) electrons. The smallest absolute Gasteiger partial charge is 0.255 e. The second-order valence-electron chi connectivity index (χ2n) is 4.05. The van der Waals surface area contributed by atoms with Crippen molar-refractivity contribution in [3.05, 3.63) is 45.9 Å². The SMILES string of the molecule is COc1cc(C=NNc2ncc(C)c(=O)[nH]2)ccc1O. The molecule has 2 rings (SSSR count). The number of hydrazone groups is 1. The number of hydrogen-bond acceptors (Lipinski definition) is 6. The molecule has 1 heterocycles. The van der Waals surface area contributed by atoms with Gasteiger partial charge in [0.1, 0.15) is 0 Å². The molecule has 0 atom stereocenters. The van der Waals surface area contributed by atoms with Gasteiger partial charge in [0, 0.05) is 11.8 Å². The minimum Gasteiger partial charge on any atom is -0.504 e. The van der Waals surface area contributed by atoms with Crippen LogP contribution in [-0.2, 0) is 0 Å². The van der Waals surface area contributed by atoms with E-state index in [1.165, 1.54) is 25.6 Å². The zero-order chi connectivity index (χ0) is 14.5. The van der Waals surface area contributed by atoms with Crippen LogP contribution in [0.1, 0.15) is 11.1 Å². The summed E-state index contributed by atoms with van der Waals surface area (Å²) in [6, 6.07) is 4.81. The maximum atomic E-state index is 11.4. The number of benzene rings is 1. The van der Waals surface area contributed by atoms with Crippen molar-refractivity contribution in [3.8, 4) is 11.5 Å². The third-order valence-corrected chi connectivity index (χ3v) is 2.57. The number of nitrogens with one attached hydrogen (secondary N) is 2. The first-order valence-corrected chi connectivity index (χ1v) is 5.82. The Labute approximate surface area is 115 Å². The van der Waals surface area contributed by atoms with Crippen LogP contribution in [0.5, 0.6) is 11.5 Å². The van der Waals surface area contributed by atoms with Crippen LogP contribution in [0.25, 0.3) is 0 Å². The van der Waals surface area contributed by atoms with Crippen molar-refractivity contribution in [3.63, 3.8) is 0 Å². The Hall–Kier alpha value is -2.83. The molecule has 7 heteroatoms.